The molecule has 0 aliphatic heterocycles. The van der Waals surface area contributed by atoms with Crippen molar-refractivity contribution < 1.29 is 4.74 Å². The van der Waals surface area contributed by atoms with Gasteiger partial charge in [-0.3, -0.25) is 0 Å². The number of nitrogens with zero attached hydrogens (tertiary/aromatic N) is 2. The van der Waals surface area contributed by atoms with Gasteiger partial charge >= 0.3 is 0 Å². The molecule has 0 unspecified atom stereocenters. The average Bonchev–Trinajstić information content (AvgIpc) is 2.52. The SMILES string of the molecule is CCCCCCNC(=NCc1ccnc(OC)c1)NCC.I. The first-order chi connectivity index (χ1) is 10.3. The van der Waals surface area contributed by atoms with Gasteiger partial charge in [0.15, 0.2) is 5.96 Å². The number of rotatable bonds is 9. The van der Waals surface area contributed by atoms with Crippen molar-refractivity contribution >= 4 is 29.9 Å². The molecule has 6 heteroatoms. The second-order valence-corrected chi connectivity index (χ2v) is 4.89. The zero-order chi connectivity index (χ0) is 15.3. The Balaban J connectivity index is 0.00000441. The van der Waals surface area contributed by atoms with Crippen molar-refractivity contribution in [1.29, 1.82) is 0 Å². The number of aliphatic imine (C=N–C) groups is 1. The van der Waals surface area contributed by atoms with Crippen LogP contribution in [0.1, 0.15) is 45.1 Å². The number of ether oxygens (including phenoxy) is 1. The maximum atomic E-state index is 5.12. The summed E-state index contributed by atoms with van der Waals surface area (Å²) < 4.78 is 5.12. The lowest BCUT2D eigenvalue weighted by Gasteiger charge is -2.11. The highest BCUT2D eigenvalue weighted by molar-refractivity contribution is 14.0. The normalized spacial score (nSPS) is 10.8. The molecule has 0 spiro atoms. The molecule has 0 amide bonds. The molecule has 5 nitrogen and oxygen atoms in total. The van der Waals surface area contributed by atoms with E-state index in [0.717, 1.165) is 24.6 Å². The zero-order valence-electron chi connectivity index (χ0n) is 13.9. The summed E-state index contributed by atoms with van der Waals surface area (Å²) in [7, 11) is 1.62. The van der Waals surface area contributed by atoms with Crippen LogP contribution < -0.4 is 15.4 Å². The Morgan fingerprint density at radius 3 is 2.73 bits per heavy atom. The van der Waals surface area contributed by atoms with Gasteiger partial charge in [0.2, 0.25) is 5.88 Å². The highest BCUT2D eigenvalue weighted by atomic mass is 127. The van der Waals surface area contributed by atoms with Gasteiger partial charge in [0.25, 0.3) is 0 Å². The van der Waals surface area contributed by atoms with E-state index in [0.29, 0.717) is 12.4 Å². The molecule has 0 aliphatic carbocycles. The Morgan fingerprint density at radius 2 is 2.05 bits per heavy atom. The first-order valence-corrected chi connectivity index (χ1v) is 7.81. The maximum Gasteiger partial charge on any atom is 0.213 e. The molecule has 2 N–H and O–H groups in total. The molecule has 1 aromatic heterocycles. The molecule has 0 saturated carbocycles. The van der Waals surface area contributed by atoms with Gasteiger partial charge in [-0.15, -0.1) is 24.0 Å². The van der Waals surface area contributed by atoms with Gasteiger partial charge in [-0.25, -0.2) is 9.98 Å². The molecule has 1 rings (SSSR count). The molecule has 0 aromatic carbocycles. The molecule has 0 aliphatic rings. The lowest BCUT2D eigenvalue weighted by Crippen LogP contribution is -2.37. The van der Waals surface area contributed by atoms with Gasteiger partial charge in [0.1, 0.15) is 0 Å². The van der Waals surface area contributed by atoms with Crippen molar-refractivity contribution in [3.63, 3.8) is 0 Å². The molecule has 0 atom stereocenters. The second kappa shape index (κ2) is 13.6. The molecule has 0 saturated heterocycles. The van der Waals surface area contributed by atoms with Crippen molar-refractivity contribution in [3.8, 4) is 5.88 Å². The summed E-state index contributed by atoms with van der Waals surface area (Å²) in [5, 5.41) is 6.63. The van der Waals surface area contributed by atoms with Crippen LogP contribution in [0.4, 0.5) is 0 Å². The van der Waals surface area contributed by atoms with E-state index in [1.165, 1.54) is 25.7 Å². The maximum absolute atomic E-state index is 5.12. The molecule has 22 heavy (non-hydrogen) atoms. The van der Waals surface area contributed by atoms with E-state index in [2.05, 4.69) is 34.5 Å². The molecular weight excluding hydrogens is 391 g/mol. The predicted octanol–water partition coefficient (Wildman–Crippen LogP) is 3.34. The van der Waals surface area contributed by atoms with E-state index in [1.807, 2.05) is 12.1 Å². The highest BCUT2D eigenvalue weighted by Gasteiger charge is 1.99. The molecule has 0 bridgehead atoms. The van der Waals surface area contributed by atoms with Crippen LogP contribution >= 0.6 is 24.0 Å². The van der Waals surface area contributed by atoms with Gasteiger partial charge in [-0.05, 0) is 25.0 Å². The fraction of sp³-hybridized carbons (Fsp3) is 0.625. The van der Waals surface area contributed by atoms with E-state index in [-0.39, 0.29) is 24.0 Å². The van der Waals surface area contributed by atoms with Gasteiger partial charge in [0, 0.05) is 25.4 Å². The number of aromatic nitrogens is 1. The van der Waals surface area contributed by atoms with Crippen LogP contribution in [0.15, 0.2) is 23.3 Å². The Labute approximate surface area is 151 Å². The third kappa shape index (κ3) is 9.07. The summed E-state index contributed by atoms with van der Waals surface area (Å²) in [6, 6.07) is 3.87. The summed E-state index contributed by atoms with van der Waals surface area (Å²) in [4.78, 5) is 8.69. The molecule has 1 aromatic rings. The number of hydrogen-bond donors (Lipinski definition) is 2. The smallest absolute Gasteiger partial charge is 0.213 e. The molecule has 126 valence electrons. The van der Waals surface area contributed by atoms with Crippen LogP contribution in [-0.2, 0) is 6.54 Å². The Hall–Kier alpha value is -1.05. The Morgan fingerprint density at radius 1 is 1.23 bits per heavy atom. The quantitative estimate of drug-likeness (QED) is 0.279. The van der Waals surface area contributed by atoms with Crippen molar-refractivity contribution in [2.75, 3.05) is 20.2 Å². The van der Waals surface area contributed by atoms with Crippen molar-refractivity contribution in [3.05, 3.63) is 23.9 Å². The van der Waals surface area contributed by atoms with Gasteiger partial charge < -0.3 is 15.4 Å². The van der Waals surface area contributed by atoms with E-state index < -0.39 is 0 Å². The summed E-state index contributed by atoms with van der Waals surface area (Å²) in [5.41, 5.74) is 1.09. The first-order valence-electron chi connectivity index (χ1n) is 7.81. The van der Waals surface area contributed by atoms with Crippen LogP contribution in [0.3, 0.4) is 0 Å². The van der Waals surface area contributed by atoms with Crippen LogP contribution in [0.2, 0.25) is 0 Å². The number of halogens is 1. The summed E-state index contributed by atoms with van der Waals surface area (Å²) in [5.74, 6) is 1.49. The van der Waals surface area contributed by atoms with Crippen LogP contribution in [0.5, 0.6) is 5.88 Å². The lowest BCUT2D eigenvalue weighted by atomic mass is 10.2. The van der Waals surface area contributed by atoms with Crippen molar-refractivity contribution in [2.24, 2.45) is 4.99 Å². The number of unbranched alkanes of at least 4 members (excludes halogenated alkanes) is 3. The monoisotopic (exact) mass is 420 g/mol. The number of hydrogen-bond acceptors (Lipinski definition) is 3. The summed E-state index contributed by atoms with van der Waals surface area (Å²) in [6.45, 7) is 6.74. The topological polar surface area (TPSA) is 58.5 Å². The predicted molar refractivity (Wildman–Crippen MR) is 103 cm³/mol. The number of guanidine groups is 1. The first kappa shape index (κ1) is 20.9. The molecule has 1 heterocycles. The Bertz CT molecular complexity index is 426. The number of nitrogens with one attached hydrogen (secondary N) is 2. The minimum absolute atomic E-state index is 0. The highest BCUT2D eigenvalue weighted by Crippen LogP contribution is 2.09. The van der Waals surface area contributed by atoms with Gasteiger partial charge in [0.05, 0.1) is 13.7 Å². The number of methoxy groups -OCH3 is 1. The Kier molecular flexibility index (Phi) is 13.0. The molecule has 0 fully saturated rings. The van der Waals surface area contributed by atoms with E-state index >= 15 is 0 Å². The molecular formula is C16H29IN4O. The van der Waals surface area contributed by atoms with Gasteiger partial charge in [-0.2, -0.15) is 0 Å². The summed E-state index contributed by atoms with van der Waals surface area (Å²) in [6.07, 6.45) is 6.75. The third-order valence-corrected chi connectivity index (χ3v) is 3.10. The number of pyridine rings is 1. The lowest BCUT2D eigenvalue weighted by molar-refractivity contribution is 0.397. The van der Waals surface area contributed by atoms with E-state index in [1.54, 1.807) is 13.3 Å². The van der Waals surface area contributed by atoms with Crippen molar-refractivity contribution in [1.82, 2.24) is 15.6 Å². The minimum Gasteiger partial charge on any atom is -0.481 e. The van der Waals surface area contributed by atoms with E-state index in [9.17, 15) is 0 Å². The fourth-order valence-corrected chi connectivity index (χ4v) is 1.93. The zero-order valence-corrected chi connectivity index (χ0v) is 16.2. The van der Waals surface area contributed by atoms with Crippen LogP contribution in [0.25, 0.3) is 0 Å². The van der Waals surface area contributed by atoms with Crippen molar-refractivity contribution in [2.45, 2.75) is 46.1 Å². The second-order valence-electron chi connectivity index (χ2n) is 4.89. The van der Waals surface area contributed by atoms with Gasteiger partial charge in [-0.1, -0.05) is 26.2 Å². The van der Waals surface area contributed by atoms with Crippen LogP contribution in [0, 0.1) is 0 Å². The largest absolute Gasteiger partial charge is 0.481 e. The minimum atomic E-state index is 0. The van der Waals surface area contributed by atoms with Crippen LogP contribution in [-0.4, -0.2) is 31.1 Å². The molecule has 0 radical (unpaired) electrons. The van der Waals surface area contributed by atoms with E-state index in [4.69, 9.17) is 4.74 Å². The average molecular weight is 420 g/mol. The summed E-state index contributed by atoms with van der Waals surface area (Å²) >= 11 is 0. The fourth-order valence-electron chi connectivity index (χ4n) is 1.93. The third-order valence-electron chi connectivity index (χ3n) is 3.10. The standard InChI is InChI=1S/C16H28N4O.HI/c1-4-6-7-8-10-19-16(17-5-2)20-13-14-9-11-18-15(12-14)21-3;/h9,11-12H,4-8,10,13H2,1-3H3,(H2,17,19,20);1H.